The van der Waals surface area contributed by atoms with Gasteiger partial charge in [0.2, 0.25) is 0 Å². The van der Waals surface area contributed by atoms with Gasteiger partial charge in [-0.05, 0) is 52.3 Å². The van der Waals surface area contributed by atoms with Crippen molar-refractivity contribution in [3.8, 4) is 11.1 Å². The zero-order valence-electron chi connectivity index (χ0n) is 13.2. The molecule has 2 aliphatic rings. The predicted molar refractivity (Wildman–Crippen MR) is 96.5 cm³/mol. The van der Waals surface area contributed by atoms with Gasteiger partial charge in [0, 0.05) is 5.92 Å². The molecule has 0 heterocycles. The quantitative estimate of drug-likeness (QED) is 0.530. The molecular weight excluding hydrogens is 276 g/mol. The second-order valence-electron chi connectivity index (χ2n) is 6.64. The van der Waals surface area contributed by atoms with E-state index in [1.54, 1.807) is 0 Å². The maximum Gasteiger partial charge on any atom is 0.0357 e. The van der Waals surface area contributed by atoms with Gasteiger partial charge in [-0.1, -0.05) is 78.4 Å². The third-order valence-electron chi connectivity index (χ3n) is 5.35. The minimum Gasteiger partial charge on any atom is -0.0641 e. The molecule has 0 saturated carbocycles. The van der Waals surface area contributed by atoms with E-state index in [2.05, 4.69) is 79.7 Å². The first-order valence-corrected chi connectivity index (χ1v) is 8.31. The monoisotopic (exact) mass is 294 g/mol. The Morgan fingerprint density at radius 2 is 1.17 bits per heavy atom. The van der Waals surface area contributed by atoms with E-state index in [1.807, 2.05) is 0 Å². The molecule has 2 aliphatic carbocycles. The topological polar surface area (TPSA) is 0 Å². The molecule has 0 aliphatic heterocycles. The van der Waals surface area contributed by atoms with Crippen LogP contribution in [-0.2, 0) is 6.42 Å². The Morgan fingerprint density at radius 1 is 0.652 bits per heavy atom. The van der Waals surface area contributed by atoms with Gasteiger partial charge in [0.25, 0.3) is 0 Å². The Balaban J connectivity index is 1.80. The smallest absolute Gasteiger partial charge is 0.0357 e. The Hall–Kier alpha value is -2.60. The molecule has 0 unspecified atom stereocenters. The number of hydrogen-bond acceptors (Lipinski definition) is 0. The molecule has 0 aromatic heterocycles. The number of benzene rings is 3. The molecule has 3 aromatic carbocycles. The van der Waals surface area contributed by atoms with E-state index >= 15 is 0 Å². The Labute approximate surface area is 137 Å². The van der Waals surface area contributed by atoms with Crippen LogP contribution < -0.4 is 0 Å². The summed E-state index contributed by atoms with van der Waals surface area (Å²) in [4.78, 5) is 0. The van der Waals surface area contributed by atoms with E-state index in [-0.39, 0.29) is 0 Å². The van der Waals surface area contributed by atoms with Gasteiger partial charge in [-0.15, -0.1) is 0 Å². The van der Waals surface area contributed by atoms with E-state index in [1.165, 1.54) is 44.5 Å². The lowest BCUT2D eigenvalue weighted by atomic mass is 9.85. The molecule has 0 N–H and O–H groups in total. The van der Waals surface area contributed by atoms with Crippen LogP contribution in [0.15, 0.2) is 78.4 Å². The van der Waals surface area contributed by atoms with Gasteiger partial charge in [0.05, 0.1) is 0 Å². The second-order valence-corrected chi connectivity index (χ2v) is 6.64. The highest BCUT2D eigenvalue weighted by Gasteiger charge is 2.34. The minimum absolute atomic E-state index is 0.381. The molecule has 0 radical (unpaired) electrons. The maximum absolute atomic E-state index is 2.31. The largest absolute Gasteiger partial charge is 0.0641 e. The van der Waals surface area contributed by atoms with Crippen molar-refractivity contribution in [1.82, 2.24) is 0 Å². The number of allylic oxidation sites excluding steroid dienone is 2. The standard InChI is InChI=1S/C23H18/c1-15-14-16-8-2-3-9-17(16)22(15)23-20-12-6-4-10-18(20)19-11-5-7-13-21(19)23/h2-13,23H,14H2,1H3. The average molecular weight is 294 g/mol. The molecule has 3 aromatic rings. The van der Waals surface area contributed by atoms with Gasteiger partial charge in [-0.25, -0.2) is 0 Å². The van der Waals surface area contributed by atoms with Crippen LogP contribution in [-0.4, -0.2) is 0 Å². The molecule has 23 heavy (non-hydrogen) atoms. The van der Waals surface area contributed by atoms with Gasteiger partial charge in [0.15, 0.2) is 0 Å². The van der Waals surface area contributed by atoms with Gasteiger partial charge in [-0.2, -0.15) is 0 Å². The van der Waals surface area contributed by atoms with Crippen molar-refractivity contribution in [2.24, 2.45) is 0 Å². The zero-order valence-corrected chi connectivity index (χ0v) is 13.2. The van der Waals surface area contributed by atoms with Crippen molar-refractivity contribution < 1.29 is 0 Å². The van der Waals surface area contributed by atoms with Crippen molar-refractivity contribution in [2.45, 2.75) is 19.3 Å². The molecule has 0 nitrogen and oxygen atoms in total. The molecule has 0 fully saturated rings. The van der Waals surface area contributed by atoms with Gasteiger partial charge in [0.1, 0.15) is 0 Å². The summed E-state index contributed by atoms with van der Waals surface area (Å²) < 4.78 is 0. The summed E-state index contributed by atoms with van der Waals surface area (Å²) >= 11 is 0. The average Bonchev–Trinajstić information content (AvgIpc) is 3.09. The fourth-order valence-corrected chi connectivity index (χ4v) is 4.42. The SMILES string of the molecule is CC1=C(C2c3ccccc3-c3ccccc32)c2ccccc2C1. The fraction of sp³-hybridized carbons (Fsp3) is 0.130. The van der Waals surface area contributed by atoms with E-state index in [4.69, 9.17) is 0 Å². The Kier molecular flexibility index (Phi) is 2.63. The predicted octanol–water partition coefficient (Wildman–Crippen LogP) is 5.83. The first kappa shape index (κ1) is 12.9. The highest BCUT2D eigenvalue weighted by molar-refractivity contribution is 5.91. The van der Waals surface area contributed by atoms with Crippen LogP contribution in [0.3, 0.4) is 0 Å². The zero-order chi connectivity index (χ0) is 15.4. The Bertz CT molecular complexity index is 914. The fourth-order valence-electron chi connectivity index (χ4n) is 4.42. The van der Waals surface area contributed by atoms with Crippen LogP contribution in [0.1, 0.15) is 35.1 Å². The summed E-state index contributed by atoms with van der Waals surface area (Å²) in [6, 6.07) is 26.7. The van der Waals surface area contributed by atoms with E-state index < -0.39 is 0 Å². The molecule has 0 heteroatoms. The number of fused-ring (bicyclic) bond motifs is 4. The number of rotatable bonds is 1. The lowest BCUT2D eigenvalue weighted by Gasteiger charge is -2.18. The molecule has 0 amide bonds. The summed E-state index contributed by atoms with van der Waals surface area (Å²) in [5, 5.41) is 0. The molecular formula is C23H18. The van der Waals surface area contributed by atoms with Crippen LogP contribution in [0.5, 0.6) is 0 Å². The van der Waals surface area contributed by atoms with Crippen LogP contribution in [0, 0.1) is 0 Å². The van der Waals surface area contributed by atoms with Crippen molar-refractivity contribution >= 4 is 5.57 Å². The van der Waals surface area contributed by atoms with Crippen LogP contribution >= 0.6 is 0 Å². The summed E-state index contributed by atoms with van der Waals surface area (Å²) in [5.41, 5.74) is 11.7. The van der Waals surface area contributed by atoms with Crippen molar-refractivity contribution in [1.29, 1.82) is 0 Å². The van der Waals surface area contributed by atoms with Crippen molar-refractivity contribution in [2.75, 3.05) is 0 Å². The summed E-state index contributed by atoms with van der Waals surface area (Å²) in [7, 11) is 0. The van der Waals surface area contributed by atoms with Gasteiger partial charge < -0.3 is 0 Å². The van der Waals surface area contributed by atoms with E-state index in [0.717, 1.165) is 6.42 Å². The first-order valence-electron chi connectivity index (χ1n) is 8.31. The van der Waals surface area contributed by atoms with E-state index in [0.29, 0.717) is 5.92 Å². The van der Waals surface area contributed by atoms with Crippen LogP contribution in [0.25, 0.3) is 16.7 Å². The highest BCUT2D eigenvalue weighted by Crippen LogP contribution is 2.53. The van der Waals surface area contributed by atoms with Gasteiger partial charge >= 0.3 is 0 Å². The molecule has 5 rings (SSSR count). The molecule has 110 valence electrons. The highest BCUT2D eigenvalue weighted by atomic mass is 14.4. The normalized spacial score (nSPS) is 15.5. The molecule has 0 spiro atoms. The summed E-state index contributed by atoms with van der Waals surface area (Å²) in [5.74, 6) is 0.381. The van der Waals surface area contributed by atoms with Crippen molar-refractivity contribution in [3.05, 3.63) is 101 Å². The summed E-state index contributed by atoms with van der Waals surface area (Å²) in [6.07, 6.45) is 1.09. The first-order chi connectivity index (χ1) is 11.3. The van der Waals surface area contributed by atoms with Crippen LogP contribution in [0.2, 0.25) is 0 Å². The van der Waals surface area contributed by atoms with Gasteiger partial charge in [-0.3, -0.25) is 0 Å². The molecule has 0 atom stereocenters. The minimum atomic E-state index is 0.381. The lowest BCUT2D eigenvalue weighted by Crippen LogP contribution is -2.00. The Morgan fingerprint density at radius 3 is 1.83 bits per heavy atom. The number of hydrogen-bond donors (Lipinski definition) is 0. The van der Waals surface area contributed by atoms with Crippen LogP contribution in [0.4, 0.5) is 0 Å². The van der Waals surface area contributed by atoms with E-state index in [9.17, 15) is 0 Å². The lowest BCUT2D eigenvalue weighted by molar-refractivity contribution is 1.08. The third-order valence-corrected chi connectivity index (χ3v) is 5.35. The van der Waals surface area contributed by atoms with Crippen molar-refractivity contribution in [3.63, 3.8) is 0 Å². The third kappa shape index (κ3) is 1.72. The maximum atomic E-state index is 2.31. The second kappa shape index (κ2) is 4.70. The summed E-state index contributed by atoms with van der Waals surface area (Å²) in [6.45, 7) is 2.30. The molecule has 0 bridgehead atoms. The molecule has 0 saturated heterocycles.